The van der Waals surface area contributed by atoms with Crippen molar-refractivity contribution in [3.63, 3.8) is 0 Å². The number of methoxy groups -OCH3 is 1. The number of aromatic nitrogens is 2. The first-order chi connectivity index (χ1) is 12.3. The molecule has 0 aliphatic carbocycles. The molecule has 0 aliphatic heterocycles. The van der Waals surface area contributed by atoms with E-state index in [9.17, 15) is 0 Å². The Balaban J connectivity index is 2.48. The fourth-order valence-corrected chi connectivity index (χ4v) is 3.61. The van der Waals surface area contributed by atoms with E-state index in [0.29, 0.717) is 45.5 Å². The predicted octanol–water partition coefficient (Wildman–Crippen LogP) is 4.48. The second kappa shape index (κ2) is 8.76. The Kier molecular flexibility index (Phi) is 6.93. The Morgan fingerprint density at radius 2 is 2.19 bits per heavy atom. The quantitative estimate of drug-likeness (QED) is 0.540. The maximum absolute atomic E-state index is 8.78. The van der Waals surface area contributed by atoms with Gasteiger partial charge in [-0.15, -0.1) is 0 Å². The number of nitriles is 1. The number of thiocarbonyl (C=S) groups is 1. The molecule has 0 bridgehead atoms. The SMILES string of the molecule is COc1ccc(Cl)cc1C(=S)/N=c1\sc(C(C)(C)C)nn1CCCC#N. The summed E-state index contributed by atoms with van der Waals surface area (Å²) in [5.41, 5.74) is 0.578. The molecule has 0 unspecified atom stereocenters. The minimum absolute atomic E-state index is 0.0925. The summed E-state index contributed by atoms with van der Waals surface area (Å²) < 4.78 is 7.19. The van der Waals surface area contributed by atoms with Crippen molar-refractivity contribution >= 4 is 40.1 Å². The molecule has 26 heavy (non-hydrogen) atoms. The van der Waals surface area contributed by atoms with Crippen molar-refractivity contribution in [3.05, 3.63) is 38.6 Å². The minimum atomic E-state index is -0.0925. The number of nitrogens with zero attached hydrogens (tertiary/aromatic N) is 4. The number of aryl methyl sites for hydroxylation is 1. The zero-order chi connectivity index (χ0) is 19.3. The lowest BCUT2D eigenvalue weighted by Gasteiger charge is -2.12. The van der Waals surface area contributed by atoms with Gasteiger partial charge in [0.15, 0.2) is 0 Å². The predicted molar refractivity (Wildman–Crippen MR) is 109 cm³/mol. The summed E-state index contributed by atoms with van der Waals surface area (Å²) in [7, 11) is 1.59. The Bertz CT molecular complexity index is 903. The van der Waals surface area contributed by atoms with E-state index in [1.807, 2.05) is 4.68 Å². The number of benzene rings is 1. The highest BCUT2D eigenvalue weighted by molar-refractivity contribution is 7.80. The van der Waals surface area contributed by atoms with Crippen molar-refractivity contribution in [1.82, 2.24) is 9.78 Å². The molecule has 0 aliphatic rings. The number of halogens is 1. The fourth-order valence-electron chi connectivity index (χ4n) is 2.14. The summed E-state index contributed by atoms with van der Waals surface area (Å²) in [6.07, 6.45) is 1.19. The van der Waals surface area contributed by atoms with Crippen LogP contribution in [-0.2, 0) is 12.0 Å². The van der Waals surface area contributed by atoms with Crippen LogP contribution in [-0.4, -0.2) is 21.9 Å². The summed E-state index contributed by atoms with van der Waals surface area (Å²) in [5, 5.41) is 15.0. The standard InChI is InChI=1S/C18H21ClN4OS2/c1-18(2,3)16-22-23(10-6-5-9-20)17(26-16)21-15(25)13-11-12(19)7-8-14(13)24-4/h7-8,11H,5-6,10H2,1-4H3/b21-17-. The molecule has 1 aromatic heterocycles. The van der Waals surface area contributed by atoms with Gasteiger partial charge in [-0.1, -0.05) is 55.9 Å². The molecule has 2 rings (SSSR count). The summed E-state index contributed by atoms with van der Waals surface area (Å²) in [5.74, 6) is 0.625. The molecule has 5 nitrogen and oxygen atoms in total. The van der Waals surface area contributed by atoms with Crippen LogP contribution in [0.15, 0.2) is 23.2 Å². The van der Waals surface area contributed by atoms with Gasteiger partial charge in [-0.3, -0.25) is 0 Å². The molecule has 0 radical (unpaired) electrons. The molecular weight excluding hydrogens is 388 g/mol. The first-order valence-electron chi connectivity index (χ1n) is 8.14. The number of ether oxygens (including phenoxy) is 1. The van der Waals surface area contributed by atoms with Crippen LogP contribution in [0, 0.1) is 11.3 Å². The van der Waals surface area contributed by atoms with Crippen LogP contribution in [0.5, 0.6) is 5.75 Å². The van der Waals surface area contributed by atoms with Crippen LogP contribution >= 0.6 is 35.2 Å². The third-order valence-corrected chi connectivity index (χ3v) is 5.43. The van der Waals surface area contributed by atoms with Crippen molar-refractivity contribution in [1.29, 1.82) is 5.26 Å². The van der Waals surface area contributed by atoms with E-state index >= 15 is 0 Å². The monoisotopic (exact) mass is 408 g/mol. The molecule has 0 spiro atoms. The second-order valence-corrected chi connectivity index (χ2v) is 8.47. The molecular formula is C18H21ClN4OS2. The average molecular weight is 409 g/mol. The smallest absolute Gasteiger partial charge is 0.209 e. The van der Waals surface area contributed by atoms with Crippen LogP contribution in [0.4, 0.5) is 0 Å². The van der Waals surface area contributed by atoms with Gasteiger partial charge in [-0.05, 0) is 24.6 Å². The number of rotatable bonds is 5. The van der Waals surface area contributed by atoms with E-state index < -0.39 is 0 Å². The van der Waals surface area contributed by atoms with Gasteiger partial charge in [0.1, 0.15) is 15.7 Å². The van der Waals surface area contributed by atoms with Crippen LogP contribution in [0.25, 0.3) is 0 Å². The summed E-state index contributed by atoms with van der Waals surface area (Å²) in [6, 6.07) is 7.43. The molecule has 1 aromatic carbocycles. The molecule has 0 N–H and O–H groups in total. The van der Waals surface area contributed by atoms with Gasteiger partial charge in [-0.25, -0.2) is 9.67 Å². The Morgan fingerprint density at radius 1 is 1.46 bits per heavy atom. The average Bonchev–Trinajstić information content (AvgIpc) is 2.98. The second-order valence-electron chi connectivity index (χ2n) is 6.69. The minimum Gasteiger partial charge on any atom is -0.496 e. The summed E-state index contributed by atoms with van der Waals surface area (Å²) >= 11 is 13.1. The number of unbranched alkanes of at least 4 members (excludes halogenated alkanes) is 1. The normalized spacial score (nSPS) is 12.1. The largest absolute Gasteiger partial charge is 0.496 e. The van der Waals surface area contributed by atoms with Crippen LogP contribution in [0.3, 0.4) is 0 Å². The molecule has 0 saturated carbocycles. The third-order valence-electron chi connectivity index (χ3n) is 3.51. The zero-order valence-corrected chi connectivity index (χ0v) is 17.6. The highest BCUT2D eigenvalue weighted by Gasteiger charge is 2.20. The fraction of sp³-hybridized carbons (Fsp3) is 0.444. The van der Waals surface area contributed by atoms with E-state index in [0.717, 1.165) is 5.01 Å². The van der Waals surface area contributed by atoms with Crippen molar-refractivity contribution in [2.75, 3.05) is 7.11 Å². The van der Waals surface area contributed by atoms with Gasteiger partial charge in [-0.2, -0.15) is 10.4 Å². The Morgan fingerprint density at radius 3 is 2.81 bits per heavy atom. The van der Waals surface area contributed by atoms with Crippen molar-refractivity contribution in [2.45, 2.75) is 45.6 Å². The van der Waals surface area contributed by atoms with Crippen molar-refractivity contribution in [2.24, 2.45) is 4.99 Å². The number of hydrogen-bond acceptors (Lipinski definition) is 5. The van der Waals surface area contributed by atoms with Crippen LogP contribution < -0.4 is 9.54 Å². The molecule has 0 fully saturated rings. The van der Waals surface area contributed by atoms with Crippen molar-refractivity contribution < 1.29 is 4.74 Å². The van der Waals surface area contributed by atoms with E-state index in [-0.39, 0.29) is 5.41 Å². The van der Waals surface area contributed by atoms with Gasteiger partial charge >= 0.3 is 0 Å². The van der Waals surface area contributed by atoms with Gasteiger partial charge < -0.3 is 4.74 Å². The third kappa shape index (κ3) is 5.13. The lowest BCUT2D eigenvalue weighted by Crippen LogP contribution is -2.19. The lowest BCUT2D eigenvalue weighted by molar-refractivity contribution is 0.414. The van der Waals surface area contributed by atoms with Gasteiger partial charge in [0.25, 0.3) is 0 Å². The zero-order valence-electron chi connectivity index (χ0n) is 15.2. The van der Waals surface area contributed by atoms with Crippen LogP contribution in [0.1, 0.15) is 44.2 Å². The molecule has 0 saturated heterocycles. The summed E-state index contributed by atoms with van der Waals surface area (Å²) in [4.78, 5) is 5.72. The van der Waals surface area contributed by atoms with Crippen LogP contribution in [0.2, 0.25) is 5.02 Å². The topological polar surface area (TPSA) is 63.2 Å². The lowest BCUT2D eigenvalue weighted by atomic mass is 9.98. The van der Waals surface area contributed by atoms with E-state index in [2.05, 4.69) is 36.9 Å². The van der Waals surface area contributed by atoms with E-state index in [1.165, 1.54) is 11.3 Å². The summed E-state index contributed by atoms with van der Waals surface area (Å²) in [6.45, 7) is 6.93. The highest BCUT2D eigenvalue weighted by atomic mass is 35.5. The highest BCUT2D eigenvalue weighted by Crippen LogP contribution is 2.25. The molecule has 8 heteroatoms. The molecule has 0 atom stereocenters. The Labute approximate surface area is 167 Å². The maximum atomic E-state index is 8.78. The Hall–Kier alpha value is -1.75. The molecule has 0 amide bonds. The van der Waals surface area contributed by atoms with Gasteiger partial charge in [0.2, 0.25) is 4.80 Å². The first-order valence-corrected chi connectivity index (χ1v) is 9.74. The van der Waals surface area contributed by atoms with Crippen molar-refractivity contribution in [3.8, 4) is 11.8 Å². The van der Waals surface area contributed by atoms with E-state index in [1.54, 1.807) is 25.3 Å². The molecule has 2 aromatic rings. The van der Waals surface area contributed by atoms with Gasteiger partial charge in [0, 0.05) is 23.4 Å². The van der Waals surface area contributed by atoms with E-state index in [4.69, 9.17) is 33.8 Å². The molecule has 138 valence electrons. The first kappa shape index (κ1) is 20.6. The van der Waals surface area contributed by atoms with Gasteiger partial charge in [0.05, 0.1) is 18.7 Å². The number of hydrogen-bond donors (Lipinski definition) is 0. The maximum Gasteiger partial charge on any atom is 0.209 e. The molecule has 1 heterocycles.